The molecule has 2 aromatic rings. The van der Waals surface area contributed by atoms with Gasteiger partial charge in [-0.2, -0.15) is 5.10 Å². The van der Waals surface area contributed by atoms with E-state index in [0.29, 0.717) is 5.15 Å². The molecule has 0 aliphatic heterocycles. The molecule has 0 aromatic carbocycles. The Morgan fingerprint density at radius 1 is 1.46 bits per heavy atom. The number of carbonyl (C=O) groups excluding carboxylic acids is 1. The highest BCUT2D eigenvalue weighted by molar-refractivity contribution is 6.31. The minimum Gasteiger partial charge on any atom is -0.334 e. The van der Waals surface area contributed by atoms with E-state index in [1.165, 1.54) is 0 Å². The van der Waals surface area contributed by atoms with Crippen molar-refractivity contribution >= 4 is 23.6 Å². The van der Waals surface area contributed by atoms with Gasteiger partial charge in [-0.1, -0.05) is 31.0 Å². The SMILES string of the molecule is CCC[C@@H](c1ccccn1)N(C)C(=O)/C=C/c1c(C)nn(C)c1Cl. The van der Waals surface area contributed by atoms with Crippen molar-refractivity contribution in [3.05, 3.63) is 52.6 Å². The Morgan fingerprint density at radius 2 is 2.21 bits per heavy atom. The Kier molecular flexibility index (Phi) is 6.15. The van der Waals surface area contributed by atoms with Crippen molar-refractivity contribution in [1.82, 2.24) is 19.7 Å². The van der Waals surface area contributed by atoms with Crippen molar-refractivity contribution in [3.63, 3.8) is 0 Å². The van der Waals surface area contributed by atoms with Crippen LogP contribution in [0.25, 0.3) is 6.08 Å². The zero-order valence-electron chi connectivity index (χ0n) is 14.5. The van der Waals surface area contributed by atoms with E-state index in [4.69, 9.17) is 11.6 Å². The number of aromatic nitrogens is 3. The fourth-order valence-electron chi connectivity index (χ4n) is 2.65. The van der Waals surface area contributed by atoms with Gasteiger partial charge in [-0.15, -0.1) is 0 Å². The van der Waals surface area contributed by atoms with E-state index in [1.807, 2.05) is 25.1 Å². The number of hydrogen-bond donors (Lipinski definition) is 0. The predicted molar refractivity (Wildman–Crippen MR) is 96.6 cm³/mol. The van der Waals surface area contributed by atoms with Crippen LogP contribution in [0.4, 0.5) is 0 Å². The van der Waals surface area contributed by atoms with Gasteiger partial charge in [0, 0.05) is 31.9 Å². The van der Waals surface area contributed by atoms with Crippen molar-refractivity contribution in [1.29, 1.82) is 0 Å². The molecule has 0 N–H and O–H groups in total. The fraction of sp³-hybridized carbons (Fsp3) is 0.389. The number of pyridine rings is 1. The van der Waals surface area contributed by atoms with E-state index < -0.39 is 0 Å². The van der Waals surface area contributed by atoms with Gasteiger partial charge in [0.05, 0.1) is 17.4 Å². The summed E-state index contributed by atoms with van der Waals surface area (Å²) >= 11 is 6.20. The van der Waals surface area contributed by atoms with E-state index in [1.54, 1.807) is 42.0 Å². The number of rotatable bonds is 6. The fourth-order valence-corrected chi connectivity index (χ4v) is 2.89. The molecular weight excluding hydrogens is 324 g/mol. The van der Waals surface area contributed by atoms with Crippen molar-refractivity contribution in [2.45, 2.75) is 32.7 Å². The minimum absolute atomic E-state index is 0.0428. The van der Waals surface area contributed by atoms with Crippen LogP contribution in [0.15, 0.2) is 30.5 Å². The average molecular weight is 347 g/mol. The number of aryl methyl sites for hydroxylation is 2. The topological polar surface area (TPSA) is 51.0 Å². The van der Waals surface area contributed by atoms with Crippen LogP contribution < -0.4 is 0 Å². The smallest absolute Gasteiger partial charge is 0.246 e. The second-order valence-corrected chi connectivity index (χ2v) is 6.11. The second kappa shape index (κ2) is 8.11. The van der Waals surface area contributed by atoms with Crippen LogP contribution in [0.1, 0.15) is 42.8 Å². The molecule has 5 nitrogen and oxygen atoms in total. The summed E-state index contributed by atoms with van der Waals surface area (Å²) in [6.07, 6.45) is 6.85. The molecule has 1 amide bonds. The molecule has 0 saturated heterocycles. The van der Waals surface area contributed by atoms with Crippen LogP contribution in [0.5, 0.6) is 0 Å². The van der Waals surface area contributed by atoms with Crippen molar-refractivity contribution in [3.8, 4) is 0 Å². The maximum atomic E-state index is 12.6. The Morgan fingerprint density at radius 3 is 2.75 bits per heavy atom. The van der Waals surface area contributed by atoms with Gasteiger partial charge in [-0.3, -0.25) is 14.5 Å². The molecule has 0 aliphatic carbocycles. The van der Waals surface area contributed by atoms with Crippen LogP contribution in [-0.4, -0.2) is 32.6 Å². The molecule has 24 heavy (non-hydrogen) atoms. The van der Waals surface area contributed by atoms with Crippen molar-refractivity contribution < 1.29 is 4.79 Å². The Balaban J connectivity index is 2.19. The van der Waals surface area contributed by atoms with Gasteiger partial charge in [-0.05, 0) is 31.6 Å². The third kappa shape index (κ3) is 4.03. The lowest BCUT2D eigenvalue weighted by Crippen LogP contribution is -2.30. The molecule has 0 saturated carbocycles. The number of carbonyl (C=O) groups is 1. The average Bonchev–Trinajstić information content (AvgIpc) is 2.83. The Bertz CT molecular complexity index is 724. The largest absolute Gasteiger partial charge is 0.334 e. The quantitative estimate of drug-likeness (QED) is 0.748. The molecule has 0 spiro atoms. The first-order chi connectivity index (χ1) is 11.5. The maximum Gasteiger partial charge on any atom is 0.246 e. The van der Waals surface area contributed by atoms with E-state index in [0.717, 1.165) is 29.8 Å². The van der Waals surface area contributed by atoms with Crippen LogP contribution >= 0.6 is 11.6 Å². The first-order valence-corrected chi connectivity index (χ1v) is 8.38. The van der Waals surface area contributed by atoms with Gasteiger partial charge >= 0.3 is 0 Å². The van der Waals surface area contributed by atoms with E-state index in [-0.39, 0.29) is 11.9 Å². The molecule has 0 fully saturated rings. The highest BCUT2D eigenvalue weighted by Gasteiger charge is 2.20. The summed E-state index contributed by atoms with van der Waals surface area (Å²) in [6.45, 7) is 3.97. The van der Waals surface area contributed by atoms with E-state index in [9.17, 15) is 4.79 Å². The number of hydrogen-bond acceptors (Lipinski definition) is 3. The van der Waals surface area contributed by atoms with Crippen molar-refractivity contribution in [2.75, 3.05) is 7.05 Å². The van der Waals surface area contributed by atoms with E-state index in [2.05, 4.69) is 17.0 Å². The molecule has 6 heteroatoms. The molecule has 0 aliphatic rings. The lowest BCUT2D eigenvalue weighted by molar-refractivity contribution is -0.127. The molecule has 0 unspecified atom stereocenters. The monoisotopic (exact) mass is 346 g/mol. The van der Waals surface area contributed by atoms with Gasteiger partial charge in [0.15, 0.2) is 0 Å². The zero-order valence-corrected chi connectivity index (χ0v) is 15.3. The normalized spacial score (nSPS) is 12.5. The molecule has 1 atom stereocenters. The van der Waals surface area contributed by atoms with Crippen LogP contribution in [0, 0.1) is 6.92 Å². The second-order valence-electron chi connectivity index (χ2n) is 5.76. The minimum atomic E-state index is -0.0848. The first kappa shape index (κ1) is 18.2. The maximum absolute atomic E-state index is 12.6. The number of likely N-dealkylation sites (N-methyl/N-ethyl adjacent to an activating group) is 1. The summed E-state index contributed by atoms with van der Waals surface area (Å²) < 4.78 is 1.60. The Hall–Kier alpha value is -2.14. The first-order valence-electron chi connectivity index (χ1n) is 8.00. The van der Waals surface area contributed by atoms with Crippen LogP contribution in [-0.2, 0) is 11.8 Å². The van der Waals surface area contributed by atoms with Gasteiger partial charge in [0.2, 0.25) is 5.91 Å². The summed E-state index contributed by atoms with van der Waals surface area (Å²) in [4.78, 5) is 18.7. The van der Waals surface area contributed by atoms with E-state index >= 15 is 0 Å². The van der Waals surface area contributed by atoms with Crippen LogP contribution in [0.2, 0.25) is 5.15 Å². The zero-order chi connectivity index (χ0) is 17.7. The highest BCUT2D eigenvalue weighted by atomic mass is 35.5. The summed E-state index contributed by atoms with van der Waals surface area (Å²) in [5, 5.41) is 4.77. The molecule has 0 bridgehead atoms. The number of amides is 1. The Labute approximate surface area is 147 Å². The lowest BCUT2D eigenvalue weighted by Gasteiger charge is -2.26. The molecule has 2 rings (SSSR count). The molecular formula is C18H23ClN4O. The summed E-state index contributed by atoms with van der Waals surface area (Å²) in [5.74, 6) is -0.0848. The molecule has 128 valence electrons. The molecule has 2 heterocycles. The molecule has 2 aromatic heterocycles. The highest BCUT2D eigenvalue weighted by Crippen LogP contribution is 2.24. The van der Waals surface area contributed by atoms with Gasteiger partial charge < -0.3 is 4.90 Å². The van der Waals surface area contributed by atoms with Crippen molar-refractivity contribution in [2.24, 2.45) is 7.05 Å². The number of nitrogens with zero attached hydrogens (tertiary/aromatic N) is 4. The lowest BCUT2D eigenvalue weighted by atomic mass is 10.1. The summed E-state index contributed by atoms with van der Waals surface area (Å²) in [7, 11) is 3.58. The number of halogens is 1. The van der Waals surface area contributed by atoms with Gasteiger partial charge in [0.1, 0.15) is 5.15 Å². The summed E-state index contributed by atoms with van der Waals surface area (Å²) in [6, 6.07) is 5.73. The molecule has 0 radical (unpaired) electrons. The third-order valence-corrected chi connectivity index (χ3v) is 4.44. The third-order valence-electron chi connectivity index (χ3n) is 4.00. The standard InChI is InChI=1S/C18H23ClN4O/c1-5-8-16(15-9-6-7-12-20-15)22(3)17(24)11-10-14-13(2)21-23(4)18(14)19/h6-7,9-12,16H,5,8H2,1-4H3/b11-10+/t16-/m0/s1. The predicted octanol–water partition coefficient (Wildman–Crippen LogP) is 3.79. The van der Waals surface area contributed by atoms with Crippen LogP contribution in [0.3, 0.4) is 0 Å². The summed E-state index contributed by atoms with van der Waals surface area (Å²) in [5.41, 5.74) is 2.47. The van der Waals surface area contributed by atoms with Gasteiger partial charge in [0.25, 0.3) is 0 Å². The van der Waals surface area contributed by atoms with Gasteiger partial charge in [-0.25, -0.2) is 0 Å².